The van der Waals surface area contributed by atoms with Gasteiger partial charge < -0.3 is 5.73 Å². The van der Waals surface area contributed by atoms with E-state index in [1.165, 1.54) is 36.9 Å². The van der Waals surface area contributed by atoms with E-state index in [4.69, 9.17) is 5.73 Å². The van der Waals surface area contributed by atoms with E-state index in [2.05, 4.69) is 25.1 Å². The topological polar surface area (TPSA) is 43.8 Å². The first kappa shape index (κ1) is 12.6. The van der Waals surface area contributed by atoms with Crippen molar-refractivity contribution < 1.29 is 0 Å². The first-order valence-electron chi connectivity index (χ1n) is 6.89. The van der Waals surface area contributed by atoms with Gasteiger partial charge in [0.05, 0.1) is 5.69 Å². The molecular weight excluding hydrogens is 210 g/mol. The summed E-state index contributed by atoms with van der Waals surface area (Å²) in [5.41, 5.74) is 8.90. The molecular formula is C14H25N3. The molecule has 0 bridgehead atoms. The van der Waals surface area contributed by atoms with Crippen molar-refractivity contribution in [3.05, 3.63) is 17.5 Å². The summed E-state index contributed by atoms with van der Waals surface area (Å²) in [7, 11) is 1.98. The normalized spacial score (nSPS) is 27.1. The Bertz CT molecular complexity index is 362. The third kappa shape index (κ3) is 2.71. The van der Waals surface area contributed by atoms with Gasteiger partial charge in [-0.05, 0) is 31.1 Å². The Labute approximate surface area is 104 Å². The van der Waals surface area contributed by atoms with E-state index in [9.17, 15) is 0 Å². The van der Waals surface area contributed by atoms with Crippen LogP contribution in [0.1, 0.15) is 56.8 Å². The summed E-state index contributed by atoms with van der Waals surface area (Å²) in [5, 5.41) is 4.50. The van der Waals surface area contributed by atoms with Crippen LogP contribution in [-0.2, 0) is 13.5 Å². The summed E-state index contributed by atoms with van der Waals surface area (Å²) >= 11 is 0. The molecule has 0 amide bonds. The van der Waals surface area contributed by atoms with Crippen LogP contribution in [0.2, 0.25) is 0 Å². The van der Waals surface area contributed by atoms with E-state index < -0.39 is 0 Å². The van der Waals surface area contributed by atoms with Crippen molar-refractivity contribution in [1.29, 1.82) is 0 Å². The Kier molecular flexibility index (Phi) is 3.87. The van der Waals surface area contributed by atoms with Gasteiger partial charge in [-0.1, -0.05) is 26.7 Å². The second-order valence-electron chi connectivity index (χ2n) is 5.60. The van der Waals surface area contributed by atoms with Crippen molar-refractivity contribution in [1.82, 2.24) is 9.78 Å². The molecule has 1 saturated carbocycles. The number of nitrogens with two attached hydrogens (primary N) is 1. The van der Waals surface area contributed by atoms with Crippen molar-refractivity contribution in [3.63, 3.8) is 0 Å². The van der Waals surface area contributed by atoms with Crippen molar-refractivity contribution in [2.24, 2.45) is 24.6 Å². The quantitative estimate of drug-likeness (QED) is 0.875. The molecule has 0 radical (unpaired) electrons. The van der Waals surface area contributed by atoms with Gasteiger partial charge in [-0.15, -0.1) is 0 Å². The first-order chi connectivity index (χ1) is 8.11. The Morgan fingerprint density at radius 2 is 2.06 bits per heavy atom. The fraction of sp³-hybridized carbons (Fsp3) is 0.786. The Morgan fingerprint density at radius 1 is 1.41 bits per heavy atom. The SMILES string of the molecule is CCc1nn(C)cc1C(N)C1CCC(C)CC1. The zero-order chi connectivity index (χ0) is 12.4. The number of rotatable bonds is 3. The number of aryl methyl sites for hydroxylation is 2. The second-order valence-corrected chi connectivity index (χ2v) is 5.60. The third-order valence-corrected chi connectivity index (χ3v) is 4.20. The maximum absolute atomic E-state index is 6.45. The predicted molar refractivity (Wildman–Crippen MR) is 70.6 cm³/mol. The van der Waals surface area contributed by atoms with Crippen LogP contribution in [0.25, 0.3) is 0 Å². The molecule has 0 aliphatic heterocycles. The fourth-order valence-corrected chi connectivity index (χ4v) is 3.01. The highest BCUT2D eigenvalue weighted by molar-refractivity contribution is 5.22. The zero-order valence-corrected chi connectivity index (χ0v) is 11.3. The molecule has 3 nitrogen and oxygen atoms in total. The molecule has 1 aromatic rings. The van der Waals surface area contributed by atoms with Crippen LogP contribution in [0.3, 0.4) is 0 Å². The van der Waals surface area contributed by atoms with Crippen LogP contribution in [0.15, 0.2) is 6.20 Å². The molecule has 1 aliphatic carbocycles. The lowest BCUT2D eigenvalue weighted by atomic mass is 9.77. The van der Waals surface area contributed by atoms with Gasteiger partial charge in [-0.25, -0.2) is 0 Å². The van der Waals surface area contributed by atoms with Gasteiger partial charge in [0.25, 0.3) is 0 Å². The summed E-state index contributed by atoms with van der Waals surface area (Å²) < 4.78 is 1.90. The maximum Gasteiger partial charge on any atom is 0.0669 e. The minimum absolute atomic E-state index is 0.186. The van der Waals surface area contributed by atoms with Gasteiger partial charge in [-0.3, -0.25) is 4.68 Å². The molecule has 1 heterocycles. The largest absolute Gasteiger partial charge is 0.324 e. The Hall–Kier alpha value is -0.830. The number of hydrogen-bond acceptors (Lipinski definition) is 2. The van der Waals surface area contributed by atoms with Gasteiger partial charge >= 0.3 is 0 Å². The smallest absolute Gasteiger partial charge is 0.0669 e. The van der Waals surface area contributed by atoms with E-state index in [0.717, 1.165) is 12.3 Å². The monoisotopic (exact) mass is 235 g/mol. The van der Waals surface area contributed by atoms with Crippen molar-refractivity contribution in [2.45, 2.75) is 52.0 Å². The molecule has 1 unspecified atom stereocenters. The first-order valence-corrected chi connectivity index (χ1v) is 6.89. The molecule has 1 aromatic heterocycles. The summed E-state index contributed by atoms with van der Waals surface area (Å²) in [6.07, 6.45) is 8.31. The van der Waals surface area contributed by atoms with Gasteiger partial charge in [0.1, 0.15) is 0 Å². The molecule has 96 valence electrons. The van der Waals surface area contributed by atoms with E-state index in [0.29, 0.717) is 5.92 Å². The third-order valence-electron chi connectivity index (χ3n) is 4.20. The molecule has 3 heteroatoms. The molecule has 0 spiro atoms. The van der Waals surface area contributed by atoms with Crippen LogP contribution in [0.4, 0.5) is 0 Å². The molecule has 1 atom stereocenters. The van der Waals surface area contributed by atoms with Crippen LogP contribution in [0, 0.1) is 11.8 Å². The molecule has 1 fully saturated rings. The van der Waals surface area contributed by atoms with Crippen LogP contribution >= 0.6 is 0 Å². The molecule has 17 heavy (non-hydrogen) atoms. The van der Waals surface area contributed by atoms with Crippen LogP contribution in [0.5, 0.6) is 0 Å². The molecule has 1 aliphatic rings. The van der Waals surface area contributed by atoms with E-state index in [1.807, 2.05) is 11.7 Å². The second kappa shape index (κ2) is 5.21. The highest BCUT2D eigenvalue weighted by Crippen LogP contribution is 2.36. The fourth-order valence-electron chi connectivity index (χ4n) is 3.01. The van der Waals surface area contributed by atoms with Crippen LogP contribution in [-0.4, -0.2) is 9.78 Å². The lowest BCUT2D eigenvalue weighted by molar-refractivity contribution is 0.255. The van der Waals surface area contributed by atoms with Gasteiger partial charge in [-0.2, -0.15) is 5.10 Å². The minimum atomic E-state index is 0.186. The number of nitrogens with zero attached hydrogens (tertiary/aromatic N) is 2. The maximum atomic E-state index is 6.45. The average molecular weight is 235 g/mol. The highest BCUT2D eigenvalue weighted by atomic mass is 15.3. The predicted octanol–water partition coefficient (Wildman–Crippen LogP) is 2.81. The van der Waals surface area contributed by atoms with E-state index in [1.54, 1.807) is 0 Å². The summed E-state index contributed by atoms with van der Waals surface area (Å²) in [6.45, 7) is 4.50. The highest BCUT2D eigenvalue weighted by Gasteiger charge is 2.26. The number of hydrogen-bond donors (Lipinski definition) is 1. The molecule has 2 rings (SSSR count). The lowest BCUT2D eigenvalue weighted by Gasteiger charge is -2.30. The van der Waals surface area contributed by atoms with Crippen LogP contribution < -0.4 is 5.73 Å². The zero-order valence-electron chi connectivity index (χ0n) is 11.3. The molecule has 2 N–H and O–H groups in total. The minimum Gasteiger partial charge on any atom is -0.324 e. The van der Waals surface area contributed by atoms with Gasteiger partial charge in [0.2, 0.25) is 0 Å². The van der Waals surface area contributed by atoms with E-state index in [-0.39, 0.29) is 6.04 Å². The van der Waals surface area contributed by atoms with E-state index >= 15 is 0 Å². The standard InChI is InChI=1S/C14H25N3/c1-4-13-12(9-17(3)16-13)14(15)11-7-5-10(2)6-8-11/h9-11,14H,4-8,15H2,1-3H3. The van der Waals surface area contributed by atoms with Crippen molar-refractivity contribution in [2.75, 3.05) is 0 Å². The molecule has 0 saturated heterocycles. The van der Waals surface area contributed by atoms with Gasteiger partial charge in [0, 0.05) is 24.8 Å². The van der Waals surface area contributed by atoms with Crippen molar-refractivity contribution in [3.8, 4) is 0 Å². The Balaban J connectivity index is 2.10. The van der Waals surface area contributed by atoms with Crippen molar-refractivity contribution >= 4 is 0 Å². The molecule has 0 aromatic carbocycles. The average Bonchev–Trinajstić information content (AvgIpc) is 2.70. The summed E-state index contributed by atoms with van der Waals surface area (Å²) in [6, 6.07) is 0.186. The lowest BCUT2D eigenvalue weighted by Crippen LogP contribution is -2.26. The summed E-state index contributed by atoms with van der Waals surface area (Å²) in [5.74, 6) is 1.54. The van der Waals surface area contributed by atoms with Gasteiger partial charge in [0.15, 0.2) is 0 Å². The number of aromatic nitrogens is 2. The summed E-state index contributed by atoms with van der Waals surface area (Å²) in [4.78, 5) is 0. The Morgan fingerprint density at radius 3 is 2.65 bits per heavy atom.